The zero-order chi connectivity index (χ0) is 10.8. The predicted molar refractivity (Wildman–Crippen MR) is 67.7 cm³/mol. The van der Waals surface area contributed by atoms with Crippen molar-refractivity contribution in [1.82, 2.24) is 5.32 Å². The van der Waals surface area contributed by atoms with Crippen LogP contribution in [0, 0.1) is 0 Å². The second-order valence-electron chi connectivity index (χ2n) is 5.00. The Balaban J connectivity index is 1.82. The van der Waals surface area contributed by atoms with E-state index in [4.69, 9.17) is 0 Å². The fourth-order valence-electron chi connectivity index (χ4n) is 2.96. The van der Waals surface area contributed by atoms with E-state index in [1.165, 1.54) is 43.4 Å². The Morgan fingerprint density at radius 3 is 2.94 bits per heavy atom. The molecule has 1 aromatic carbocycles. The Hall–Kier alpha value is -1.02. The largest absolute Gasteiger partial charge is 0.382 e. The molecule has 1 aliphatic carbocycles. The summed E-state index contributed by atoms with van der Waals surface area (Å²) >= 11 is 0. The highest BCUT2D eigenvalue weighted by Gasteiger charge is 2.18. The molecule has 2 aliphatic rings. The van der Waals surface area contributed by atoms with Gasteiger partial charge < -0.3 is 10.6 Å². The van der Waals surface area contributed by atoms with Gasteiger partial charge in [0.2, 0.25) is 0 Å². The normalized spacial score (nSPS) is 20.8. The summed E-state index contributed by atoms with van der Waals surface area (Å²) in [4.78, 5) is 0. The number of benzene rings is 1. The van der Waals surface area contributed by atoms with Crippen LogP contribution in [-0.4, -0.2) is 12.6 Å². The summed E-state index contributed by atoms with van der Waals surface area (Å²) in [6.45, 7) is 2.16. The maximum atomic E-state index is 3.74. The van der Waals surface area contributed by atoms with Gasteiger partial charge in [-0.1, -0.05) is 25.0 Å². The van der Waals surface area contributed by atoms with Crippen LogP contribution in [0.5, 0.6) is 0 Å². The zero-order valence-corrected chi connectivity index (χ0v) is 9.76. The minimum Gasteiger partial charge on any atom is -0.382 e. The lowest BCUT2D eigenvalue weighted by molar-refractivity contribution is 0.642. The van der Waals surface area contributed by atoms with Gasteiger partial charge in [0.05, 0.1) is 0 Å². The molecule has 2 heteroatoms. The number of fused-ring (bicyclic) bond motifs is 1. The first-order valence-corrected chi connectivity index (χ1v) is 6.51. The number of rotatable bonds is 2. The van der Waals surface area contributed by atoms with Gasteiger partial charge in [-0.05, 0) is 43.0 Å². The van der Waals surface area contributed by atoms with E-state index < -0.39 is 0 Å². The lowest BCUT2D eigenvalue weighted by Crippen LogP contribution is -2.25. The molecule has 16 heavy (non-hydrogen) atoms. The van der Waals surface area contributed by atoms with Crippen molar-refractivity contribution in [2.45, 2.75) is 44.7 Å². The van der Waals surface area contributed by atoms with Crippen molar-refractivity contribution >= 4 is 5.69 Å². The van der Waals surface area contributed by atoms with E-state index in [0.717, 1.165) is 19.1 Å². The smallest absolute Gasteiger partial charge is 0.0378 e. The van der Waals surface area contributed by atoms with Gasteiger partial charge in [0.1, 0.15) is 0 Å². The van der Waals surface area contributed by atoms with Crippen LogP contribution in [0.3, 0.4) is 0 Å². The lowest BCUT2D eigenvalue weighted by atomic mass is 9.98. The quantitative estimate of drug-likeness (QED) is 0.794. The van der Waals surface area contributed by atoms with E-state index >= 15 is 0 Å². The lowest BCUT2D eigenvalue weighted by Gasteiger charge is -2.23. The third-order valence-electron chi connectivity index (χ3n) is 3.86. The second-order valence-corrected chi connectivity index (χ2v) is 5.00. The summed E-state index contributed by atoms with van der Waals surface area (Å²) < 4.78 is 0. The van der Waals surface area contributed by atoms with E-state index in [0.29, 0.717) is 0 Å². The van der Waals surface area contributed by atoms with Crippen LogP contribution in [0.25, 0.3) is 0 Å². The number of hydrogen-bond acceptors (Lipinski definition) is 2. The summed E-state index contributed by atoms with van der Waals surface area (Å²) in [6, 6.07) is 7.41. The van der Waals surface area contributed by atoms with E-state index in [1.54, 1.807) is 5.56 Å². The Morgan fingerprint density at radius 2 is 2.06 bits per heavy atom. The van der Waals surface area contributed by atoms with Crippen LogP contribution in [0.4, 0.5) is 5.69 Å². The van der Waals surface area contributed by atoms with Crippen molar-refractivity contribution in [3.8, 4) is 0 Å². The molecule has 1 saturated carbocycles. The van der Waals surface area contributed by atoms with Gasteiger partial charge in [-0.15, -0.1) is 0 Å². The number of hydrogen-bond donors (Lipinski definition) is 2. The molecule has 0 atom stereocenters. The molecule has 0 radical (unpaired) electrons. The minimum absolute atomic E-state index is 0.724. The molecular weight excluding hydrogens is 196 g/mol. The maximum Gasteiger partial charge on any atom is 0.0378 e. The molecular formula is C14H20N2. The van der Waals surface area contributed by atoms with E-state index in [2.05, 4.69) is 28.8 Å². The molecule has 1 heterocycles. The average Bonchev–Trinajstić information content (AvgIpc) is 2.82. The van der Waals surface area contributed by atoms with Gasteiger partial charge in [-0.2, -0.15) is 0 Å². The summed E-state index contributed by atoms with van der Waals surface area (Å²) in [6.07, 6.45) is 6.66. The number of nitrogens with one attached hydrogen (secondary N) is 2. The topological polar surface area (TPSA) is 24.1 Å². The third kappa shape index (κ3) is 1.94. The fourth-order valence-corrected chi connectivity index (χ4v) is 2.96. The van der Waals surface area contributed by atoms with Crippen LogP contribution >= 0.6 is 0 Å². The van der Waals surface area contributed by atoms with Crippen LogP contribution in [0.15, 0.2) is 18.2 Å². The van der Waals surface area contributed by atoms with Crippen LogP contribution in [0.2, 0.25) is 0 Å². The first-order chi connectivity index (χ1) is 7.93. The fraction of sp³-hybridized carbons (Fsp3) is 0.571. The second kappa shape index (κ2) is 4.46. The van der Waals surface area contributed by atoms with Crippen molar-refractivity contribution in [2.75, 3.05) is 11.9 Å². The molecule has 0 amide bonds. The Kier molecular flexibility index (Phi) is 2.83. The predicted octanol–water partition coefficient (Wildman–Crippen LogP) is 2.69. The molecule has 0 unspecified atom stereocenters. The first-order valence-electron chi connectivity index (χ1n) is 6.51. The molecule has 3 rings (SSSR count). The van der Waals surface area contributed by atoms with E-state index in [1.807, 2.05) is 0 Å². The zero-order valence-electron chi connectivity index (χ0n) is 9.76. The summed E-state index contributed by atoms with van der Waals surface area (Å²) in [5.41, 5.74) is 4.42. The van der Waals surface area contributed by atoms with Gasteiger partial charge in [0.25, 0.3) is 0 Å². The summed E-state index contributed by atoms with van der Waals surface area (Å²) in [7, 11) is 0. The average molecular weight is 216 g/mol. The van der Waals surface area contributed by atoms with Crippen LogP contribution < -0.4 is 10.6 Å². The van der Waals surface area contributed by atoms with Crippen molar-refractivity contribution < 1.29 is 0 Å². The van der Waals surface area contributed by atoms with E-state index in [9.17, 15) is 0 Å². The van der Waals surface area contributed by atoms with Crippen molar-refractivity contribution in [2.24, 2.45) is 0 Å². The van der Waals surface area contributed by atoms with Crippen molar-refractivity contribution in [1.29, 1.82) is 0 Å². The molecule has 1 aliphatic heterocycles. The van der Waals surface area contributed by atoms with Gasteiger partial charge in [-0.3, -0.25) is 0 Å². The third-order valence-corrected chi connectivity index (χ3v) is 3.86. The SMILES string of the molecule is c1cc2c(c(NC3CCCC3)c1)CCNC2. The highest BCUT2D eigenvalue weighted by atomic mass is 14.9. The van der Waals surface area contributed by atoms with E-state index in [-0.39, 0.29) is 0 Å². The van der Waals surface area contributed by atoms with Gasteiger partial charge >= 0.3 is 0 Å². The first kappa shape index (κ1) is 10.2. The van der Waals surface area contributed by atoms with Crippen molar-refractivity contribution in [3.63, 3.8) is 0 Å². The molecule has 0 spiro atoms. The molecule has 86 valence electrons. The molecule has 2 nitrogen and oxygen atoms in total. The highest BCUT2D eigenvalue weighted by molar-refractivity contribution is 5.56. The molecule has 2 N–H and O–H groups in total. The molecule has 1 fully saturated rings. The molecule has 0 bridgehead atoms. The highest BCUT2D eigenvalue weighted by Crippen LogP contribution is 2.27. The summed E-state index contributed by atoms with van der Waals surface area (Å²) in [5.74, 6) is 0. The summed E-state index contributed by atoms with van der Waals surface area (Å²) in [5, 5.41) is 7.18. The van der Waals surface area contributed by atoms with Crippen molar-refractivity contribution in [3.05, 3.63) is 29.3 Å². The number of anilines is 1. The minimum atomic E-state index is 0.724. The Labute approximate surface area is 97.4 Å². The molecule has 0 saturated heterocycles. The van der Waals surface area contributed by atoms with Crippen LogP contribution in [-0.2, 0) is 13.0 Å². The van der Waals surface area contributed by atoms with Gasteiger partial charge in [-0.25, -0.2) is 0 Å². The molecule has 1 aromatic rings. The van der Waals surface area contributed by atoms with Gasteiger partial charge in [0, 0.05) is 18.3 Å². The van der Waals surface area contributed by atoms with Crippen LogP contribution in [0.1, 0.15) is 36.8 Å². The van der Waals surface area contributed by atoms with Gasteiger partial charge in [0.15, 0.2) is 0 Å². The molecule has 0 aromatic heterocycles. The Bertz CT molecular complexity index is 367. The maximum absolute atomic E-state index is 3.74. The standard InChI is InChI=1S/C14H20N2/c1-2-6-12(5-1)16-14-7-3-4-11-10-15-9-8-13(11)14/h3-4,7,12,15-16H,1-2,5-6,8-10H2. The Morgan fingerprint density at radius 1 is 1.19 bits per heavy atom. The monoisotopic (exact) mass is 216 g/mol.